The minimum Gasteiger partial charge on any atom is -0.497 e. The molecule has 0 spiro atoms. The number of thioether (sulfide) groups is 1. The average Bonchev–Trinajstić information content (AvgIpc) is 2.63. The van der Waals surface area contributed by atoms with Crippen LogP contribution in [0.2, 0.25) is 0 Å². The maximum absolute atomic E-state index is 11.8. The molecule has 2 nitrogen and oxygen atoms in total. The van der Waals surface area contributed by atoms with Gasteiger partial charge in [-0.1, -0.05) is 12.1 Å². The standard InChI is InChI=1S/C23H30O2S/c1-14(24)12-23(20-8-10-21(25-7)11-9-20)26-13-22-18(5)16(3)15(2)17(4)19(22)6/h8-11,23H,12-13H2,1-7H3. The molecule has 2 aromatic carbocycles. The lowest BCUT2D eigenvalue weighted by Crippen LogP contribution is -2.05. The highest BCUT2D eigenvalue weighted by Crippen LogP contribution is 2.38. The molecule has 2 aromatic rings. The lowest BCUT2D eigenvalue weighted by Gasteiger charge is -2.21. The summed E-state index contributed by atoms with van der Waals surface area (Å²) in [5.74, 6) is 1.99. The Morgan fingerprint density at radius 2 is 1.42 bits per heavy atom. The van der Waals surface area contributed by atoms with Gasteiger partial charge in [-0.25, -0.2) is 0 Å². The van der Waals surface area contributed by atoms with Crippen molar-refractivity contribution >= 4 is 17.5 Å². The monoisotopic (exact) mass is 370 g/mol. The quantitative estimate of drug-likeness (QED) is 0.581. The molecule has 0 aromatic heterocycles. The number of methoxy groups -OCH3 is 1. The van der Waals surface area contributed by atoms with Gasteiger partial charge in [0.05, 0.1) is 7.11 Å². The van der Waals surface area contributed by atoms with E-state index < -0.39 is 0 Å². The van der Waals surface area contributed by atoms with E-state index in [9.17, 15) is 4.79 Å². The van der Waals surface area contributed by atoms with Gasteiger partial charge in [0.25, 0.3) is 0 Å². The lowest BCUT2D eigenvalue weighted by molar-refractivity contribution is -0.117. The third kappa shape index (κ3) is 4.50. The molecule has 0 aliphatic rings. The smallest absolute Gasteiger partial charge is 0.131 e. The van der Waals surface area contributed by atoms with Crippen LogP contribution >= 0.6 is 11.8 Å². The summed E-state index contributed by atoms with van der Waals surface area (Å²) in [4.78, 5) is 11.8. The van der Waals surface area contributed by atoms with Crippen LogP contribution in [0.25, 0.3) is 0 Å². The van der Waals surface area contributed by atoms with Crippen molar-refractivity contribution in [2.75, 3.05) is 7.11 Å². The number of ether oxygens (including phenoxy) is 1. The van der Waals surface area contributed by atoms with E-state index >= 15 is 0 Å². The largest absolute Gasteiger partial charge is 0.497 e. The number of rotatable bonds is 7. The normalized spacial score (nSPS) is 12.1. The fraction of sp³-hybridized carbons (Fsp3) is 0.435. The van der Waals surface area contributed by atoms with E-state index in [1.165, 1.54) is 38.9 Å². The summed E-state index contributed by atoms with van der Waals surface area (Å²) >= 11 is 1.86. The SMILES string of the molecule is COc1ccc(C(CC(C)=O)SCc2c(C)c(C)c(C)c(C)c2C)cc1. The third-order valence-corrected chi connectivity index (χ3v) is 6.84. The van der Waals surface area contributed by atoms with Crippen LogP contribution in [0, 0.1) is 34.6 Å². The predicted molar refractivity (Wildman–Crippen MR) is 112 cm³/mol. The Balaban J connectivity index is 2.29. The number of ketones is 1. The molecule has 0 aliphatic carbocycles. The molecule has 1 unspecified atom stereocenters. The van der Waals surface area contributed by atoms with Crippen LogP contribution in [0.5, 0.6) is 5.75 Å². The minimum absolute atomic E-state index is 0.166. The predicted octanol–water partition coefficient (Wildman–Crippen LogP) is 6.19. The molecule has 0 amide bonds. The highest BCUT2D eigenvalue weighted by Gasteiger charge is 2.18. The van der Waals surface area contributed by atoms with Crippen molar-refractivity contribution in [3.8, 4) is 5.75 Å². The molecule has 0 saturated carbocycles. The first-order valence-electron chi connectivity index (χ1n) is 9.07. The first-order valence-corrected chi connectivity index (χ1v) is 10.1. The fourth-order valence-corrected chi connectivity index (χ4v) is 4.83. The number of hydrogen-bond donors (Lipinski definition) is 0. The topological polar surface area (TPSA) is 26.3 Å². The zero-order valence-corrected chi connectivity index (χ0v) is 17.8. The summed E-state index contributed by atoms with van der Waals surface area (Å²) in [5, 5.41) is 0.166. The van der Waals surface area contributed by atoms with E-state index in [2.05, 4.69) is 46.8 Å². The molecule has 0 heterocycles. The molecule has 0 N–H and O–H groups in total. The zero-order chi connectivity index (χ0) is 19.4. The van der Waals surface area contributed by atoms with E-state index in [-0.39, 0.29) is 11.0 Å². The highest BCUT2D eigenvalue weighted by molar-refractivity contribution is 7.98. The molecule has 26 heavy (non-hydrogen) atoms. The van der Waals surface area contributed by atoms with Crippen molar-refractivity contribution in [1.82, 2.24) is 0 Å². The Morgan fingerprint density at radius 1 is 0.923 bits per heavy atom. The van der Waals surface area contributed by atoms with Crippen molar-refractivity contribution in [2.45, 2.75) is 59.0 Å². The highest BCUT2D eigenvalue weighted by atomic mass is 32.2. The number of carbonyl (C=O) groups is 1. The molecular weight excluding hydrogens is 340 g/mol. The second-order valence-corrected chi connectivity index (χ2v) is 8.27. The molecule has 2 rings (SSSR count). The van der Waals surface area contributed by atoms with Crippen molar-refractivity contribution in [1.29, 1.82) is 0 Å². The summed E-state index contributed by atoms with van der Waals surface area (Å²) in [6, 6.07) is 8.09. The van der Waals surface area contributed by atoms with Crippen LogP contribution in [0.1, 0.15) is 57.5 Å². The average molecular weight is 371 g/mol. The van der Waals surface area contributed by atoms with Gasteiger partial charge >= 0.3 is 0 Å². The summed E-state index contributed by atoms with van der Waals surface area (Å²) < 4.78 is 5.25. The molecule has 0 aliphatic heterocycles. The summed E-state index contributed by atoms with van der Waals surface area (Å²) in [7, 11) is 1.67. The molecule has 0 bridgehead atoms. The van der Waals surface area contributed by atoms with E-state index in [1.807, 2.05) is 23.9 Å². The van der Waals surface area contributed by atoms with Crippen LogP contribution < -0.4 is 4.74 Å². The lowest BCUT2D eigenvalue weighted by atomic mass is 9.90. The maximum Gasteiger partial charge on any atom is 0.131 e. The first kappa shape index (κ1) is 20.6. The number of hydrogen-bond acceptors (Lipinski definition) is 3. The van der Waals surface area contributed by atoms with Gasteiger partial charge in [-0.15, -0.1) is 11.8 Å². The Bertz CT molecular complexity index is 762. The van der Waals surface area contributed by atoms with Gasteiger partial charge in [-0.3, -0.25) is 4.79 Å². The fourth-order valence-electron chi connectivity index (χ4n) is 3.33. The molecule has 1 atom stereocenters. The van der Waals surface area contributed by atoms with E-state index in [0.29, 0.717) is 6.42 Å². The van der Waals surface area contributed by atoms with Crippen LogP contribution in [0.15, 0.2) is 24.3 Å². The molecular formula is C23H30O2S. The van der Waals surface area contributed by atoms with Crippen LogP contribution in [0.4, 0.5) is 0 Å². The van der Waals surface area contributed by atoms with Gasteiger partial charge < -0.3 is 4.74 Å². The van der Waals surface area contributed by atoms with Crippen molar-refractivity contribution in [3.05, 3.63) is 63.2 Å². The van der Waals surface area contributed by atoms with Crippen LogP contribution in [-0.2, 0) is 10.5 Å². The molecule has 0 saturated heterocycles. The van der Waals surface area contributed by atoms with Gasteiger partial charge in [0.1, 0.15) is 11.5 Å². The Morgan fingerprint density at radius 3 is 1.88 bits per heavy atom. The van der Waals surface area contributed by atoms with Gasteiger partial charge in [-0.05, 0) is 92.6 Å². The van der Waals surface area contributed by atoms with E-state index in [1.54, 1.807) is 14.0 Å². The molecule has 0 fully saturated rings. The van der Waals surface area contributed by atoms with Crippen LogP contribution in [0.3, 0.4) is 0 Å². The Labute approximate surface area is 162 Å². The van der Waals surface area contributed by atoms with Gasteiger partial charge in [0, 0.05) is 17.4 Å². The van der Waals surface area contributed by atoms with Gasteiger partial charge in [-0.2, -0.15) is 0 Å². The van der Waals surface area contributed by atoms with Crippen molar-refractivity contribution in [2.24, 2.45) is 0 Å². The Kier molecular flexibility index (Phi) is 6.94. The van der Waals surface area contributed by atoms with Gasteiger partial charge in [0.2, 0.25) is 0 Å². The molecule has 140 valence electrons. The number of benzene rings is 2. The Hall–Kier alpha value is -1.74. The zero-order valence-electron chi connectivity index (χ0n) is 17.0. The van der Waals surface area contributed by atoms with E-state index in [0.717, 1.165) is 11.5 Å². The number of Topliss-reactive ketones (excluding diaryl/α,β-unsaturated/α-hetero) is 1. The summed E-state index contributed by atoms with van der Waals surface area (Å²) in [6.07, 6.45) is 0.554. The number of carbonyl (C=O) groups excluding carboxylic acids is 1. The summed E-state index contributed by atoms with van der Waals surface area (Å²) in [6.45, 7) is 12.7. The van der Waals surface area contributed by atoms with Crippen molar-refractivity contribution < 1.29 is 9.53 Å². The summed E-state index contributed by atoms with van der Waals surface area (Å²) in [5.41, 5.74) is 9.53. The third-order valence-electron chi connectivity index (χ3n) is 5.54. The second-order valence-electron chi connectivity index (χ2n) is 7.08. The first-order chi connectivity index (χ1) is 12.3. The van der Waals surface area contributed by atoms with Gasteiger partial charge in [0.15, 0.2) is 0 Å². The van der Waals surface area contributed by atoms with Crippen LogP contribution in [-0.4, -0.2) is 12.9 Å². The second kappa shape index (κ2) is 8.77. The minimum atomic E-state index is 0.166. The molecule has 3 heteroatoms. The maximum atomic E-state index is 11.8. The van der Waals surface area contributed by atoms with Crippen molar-refractivity contribution in [3.63, 3.8) is 0 Å². The van der Waals surface area contributed by atoms with E-state index in [4.69, 9.17) is 4.74 Å². The molecule has 0 radical (unpaired) electrons.